The number of nitrogens with one attached hydrogen (secondary N) is 1. The zero-order valence-electron chi connectivity index (χ0n) is 11.9. The summed E-state index contributed by atoms with van der Waals surface area (Å²) in [6, 6.07) is 7.67. The van der Waals surface area contributed by atoms with Crippen LogP contribution in [0.1, 0.15) is 32.1 Å². The normalized spacial score (nSPS) is 17.3. The Labute approximate surface area is 129 Å². The molecule has 0 saturated heterocycles. The molecule has 1 atom stereocenters. The van der Waals surface area contributed by atoms with Gasteiger partial charge in [-0.05, 0) is 37.1 Å². The predicted octanol–water partition coefficient (Wildman–Crippen LogP) is 3.36. The lowest BCUT2D eigenvalue weighted by Gasteiger charge is -2.14. The van der Waals surface area contributed by atoms with Crippen LogP contribution in [0.4, 0.5) is 0 Å². The third-order valence-corrected chi connectivity index (χ3v) is 4.32. The molecule has 0 aromatic heterocycles. The van der Waals surface area contributed by atoms with E-state index in [9.17, 15) is 5.11 Å². The summed E-state index contributed by atoms with van der Waals surface area (Å²) < 4.78 is 6.54. The number of aliphatic hydroxyl groups is 1. The summed E-state index contributed by atoms with van der Waals surface area (Å²) >= 11 is 3.40. The SMILES string of the molecule is OC(CNCCC1CCCC1)COc1cccc(Br)c1. The van der Waals surface area contributed by atoms with E-state index < -0.39 is 6.10 Å². The molecule has 0 aliphatic heterocycles. The van der Waals surface area contributed by atoms with Gasteiger partial charge in [-0.1, -0.05) is 47.7 Å². The van der Waals surface area contributed by atoms with Crippen molar-refractivity contribution in [2.45, 2.75) is 38.2 Å². The Balaban J connectivity index is 1.54. The molecule has 1 aromatic rings. The van der Waals surface area contributed by atoms with Crippen molar-refractivity contribution in [2.75, 3.05) is 19.7 Å². The monoisotopic (exact) mass is 341 g/mol. The fraction of sp³-hybridized carbons (Fsp3) is 0.625. The van der Waals surface area contributed by atoms with E-state index in [1.165, 1.54) is 32.1 Å². The van der Waals surface area contributed by atoms with Gasteiger partial charge < -0.3 is 15.2 Å². The van der Waals surface area contributed by atoms with Gasteiger partial charge in [-0.15, -0.1) is 0 Å². The topological polar surface area (TPSA) is 41.5 Å². The fourth-order valence-electron chi connectivity index (χ4n) is 2.68. The highest BCUT2D eigenvalue weighted by molar-refractivity contribution is 9.10. The Morgan fingerprint density at radius 2 is 2.15 bits per heavy atom. The minimum Gasteiger partial charge on any atom is -0.491 e. The second kappa shape index (κ2) is 8.65. The second-order valence-electron chi connectivity index (χ2n) is 5.57. The van der Waals surface area contributed by atoms with Gasteiger partial charge in [0.1, 0.15) is 18.5 Å². The van der Waals surface area contributed by atoms with Crippen molar-refractivity contribution < 1.29 is 9.84 Å². The molecule has 1 aliphatic carbocycles. The molecule has 0 amide bonds. The Morgan fingerprint density at radius 1 is 1.35 bits per heavy atom. The number of aliphatic hydroxyl groups excluding tert-OH is 1. The van der Waals surface area contributed by atoms with E-state index in [4.69, 9.17) is 4.74 Å². The number of hydrogen-bond donors (Lipinski definition) is 2. The Kier molecular flexibility index (Phi) is 6.83. The molecule has 112 valence electrons. The van der Waals surface area contributed by atoms with Crippen molar-refractivity contribution in [2.24, 2.45) is 5.92 Å². The number of halogens is 1. The highest BCUT2D eigenvalue weighted by Crippen LogP contribution is 2.26. The largest absolute Gasteiger partial charge is 0.491 e. The first-order valence-corrected chi connectivity index (χ1v) is 8.30. The second-order valence-corrected chi connectivity index (χ2v) is 6.48. The molecule has 0 radical (unpaired) electrons. The van der Waals surface area contributed by atoms with Gasteiger partial charge in [-0.3, -0.25) is 0 Å². The van der Waals surface area contributed by atoms with Gasteiger partial charge in [-0.2, -0.15) is 0 Å². The molecule has 0 heterocycles. The highest BCUT2D eigenvalue weighted by Gasteiger charge is 2.14. The molecule has 2 N–H and O–H groups in total. The van der Waals surface area contributed by atoms with Crippen LogP contribution in [0.15, 0.2) is 28.7 Å². The maximum absolute atomic E-state index is 9.87. The van der Waals surface area contributed by atoms with Crippen molar-refractivity contribution in [1.29, 1.82) is 0 Å². The molecule has 1 aromatic carbocycles. The smallest absolute Gasteiger partial charge is 0.120 e. The molecule has 0 spiro atoms. The minimum absolute atomic E-state index is 0.326. The maximum atomic E-state index is 9.87. The van der Waals surface area contributed by atoms with Crippen LogP contribution in [0.5, 0.6) is 5.75 Å². The molecular formula is C16H24BrNO2. The zero-order chi connectivity index (χ0) is 14.2. The molecule has 2 rings (SSSR count). The van der Waals surface area contributed by atoms with E-state index in [1.807, 2.05) is 24.3 Å². The van der Waals surface area contributed by atoms with Gasteiger partial charge in [0.2, 0.25) is 0 Å². The summed E-state index contributed by atoms with van der Waals surface area (Å²) in [6.07, 6.45) is 6.34. The Bertz CT molecular complexity index is 394. The summed E-state index contributed by atoms with van der Waals surface area (Å²) in [4.78, 5) is 0. The van der Waals surface area contributed by atoms with Gasteiger partial charge in [0, 0.05) is 11.0 Å². The Hall–Kier alpha value is -0.580. The first-order valence-electron chi connectivity index (χ1n) is 7.51. The van der Waals surface area contributed by atoms with Crippen molar-refractivity contribution in [3.8, 4) is 5.75 Å². The van der Waals surface area contributed by atoms with Crippen LogP contribution < -0.4 is 10.1 Å². The highest BCUT2D eigenvalue weighted by atomic mass is 79.9. The quantitative estimate of drug-likeness (QED) is 0.712. The zero-order valence-corrected chi connectivity index (χ0v) is 13.4. The molecule has 1 saturated carbocycles. The number of benzene rings is 1. The first kappa shape index (κ1) is 15.8. The van der Waals surface area contributed by atoms with E-state index in [2.05, 4.69) is 21.2 Å². The summed E-state index contributed by atoms with van der Waals surface area (Å²) in [5.74, 6) is 1.68. The van der Waals surface area contributed by atoms with Crippen molar-refractivity contribution in [3.63, 3.8) is 0 Å². The van der Waals surface area contributed by atoms with Gasteiger partial charge in [0.15, 0.2) is 0 Å². The molecule has 0 bridgehead atoms. The lowest BCUT2D eigenvalue weighted by atomic mass is 10.0. The van der Waals surface area contributed by atoms with Crippen LogP contribution in [0.3, 0.4) is 0 Å². The van der Waals surface area contributed by atoms with Crippen LogP contribution in [-0.2, 0) is 0 Å². The molecular weight excluding hydrogens is 318 g/mol. The van der Waals surface area contributed by atoms with Crippen molar-refractivity contribution in [3.05, 3.63) is 28.7 Å². The summed E-state index contributed by atoms with van der Waals surface area (Å²) in [5.41, 5.74) is 0. The third-order valence-electron chi connectivity index (χ3n) is 3.82. The van der Waals surface area contributed by atoms with E-state index >= 15 is 0 Å². The van der Waals surface area contributed by atoms with Crippen LogP contribution in [0, 0.1) is 5.92 Å². The maximum Gasteiger partial charge on any atom is 0.120 e. The van der Waals surface area contributed by atoms with Gasteiger partial charge in [0.25, 0.3) is 0 Å². The van der Waals surface area contributed by atoms with E-state index in [0.717, 1.165) is 22.7 Å². The van der Waals surface area contributed by atoms with E-state index in [0.29, 0.717) is 13.2 Å². The summed E-state index contributed by atoms with van der Waals surface area (Å²) in [5, 5.41) is 13.2. The predicted molar refractivity (Wildman–Crippen MR) is 85.1 cm³/mol. The van der Waals surface area contributed by atoms with Gasteiger partial charge >= 0.3 is 0 Å². The van der Waals surface area contributed by atoms with Crippen molar-refractivity contribution in [1.82, 2.24) is 5.32 Å². The standard InChI is InChI=1S/C16H24BrNO2/c17-14-6-3-7-16(10-14)20-12-15(19)11-18-9-8-13-4-1-2-5-13/h3,6-7,10,13,15,18-19H,1-2,4-5,8-9,11-12H2. The molecule has 1 aliphatic rings. The van der Waals surface area contributed by atoms with Crippen molar-refractivity contribution >= 4 is 15.9 Å². The molecule has 3 nitrogen and oxygen atoms in total. The average Bonchev–Trinajstić information content (AvgIpc) is 2.95. The third kappa shape index (κ3) is 5.81. The Morgan fingerprint density at radius 3 is 2.90 bits per heavy atom. The van der Waals surface area contributed by atoms with Gasteiger partial charge in [0.05, 0.1) is 0 Å². The lowest BCUT2D eigenvalue weighted by Crippen LogP contribution is -2.32. The minimum atomic E-state index is -0.461. The fourth-order valence-corrected chi connectivity index (χ4v) is 3.06. The number of hydrogen-bond acceptors (Lipinski definition) is 3. The van der Waals surface area contributed by atoms with E-state index in [1.54, 1.807) is 0 Å². The van der Waals surface area contributed by atoms with Crippen LogP contribution in [0.25, 0.3) is 0 Å². The molecule has 20 heavy (non-hydrogen) atoms. The first-order chi connectivity index (χ1) is 9.74. The van der Waals surface area contributed by atoms with Crippen LogP contribution in [0.2, 0.25) is 0 Å². The summed E-state index contributed by atoms with van der Waals surface area (Å²) in [6.45, 7) is 1.92. The van der Waals surface area contributed by atoms with Gasteiger partial charge in [-0.25, -0.2) is 0 Å². The number of rotatable bonds is 8. The number of ether oxygens (including phenoxy) is 1. The summed E-state index contributed by atoms with van der Waals surface area (Å²) in [7, 11) is 0. The van der Waals surface area contributed by atoms with Crippen LogP contribution in [-0.4, -0.2) is 30.9 Å². The van der Waals surface area contributed by atoms with Crippen LogP contribution >= 0.6 is 15.9 Å². The lowest BCUT2D eigenvalue weighted by molar-refractivity contribution is 0.106. The molecule has 1 unspecified atom stereocenters. The average molecular weight is 342 g/mol. The molecule has 4 heteroatoms. The van der Waals surface area contributed by atoms with E-state index in [-0.39, 0.29) is 0 Å². The molecule has 1 fully saturated rings.